The van der Waals surface area contributed by atoms with Gasteiger partial charge >= 0.3 is 0 Å². The number of aromatic nitrogens is 1. The lowest BCUT2D eigenvalue weighted by atomic mass is 10.4. The molecule has 1 rings (SSSR count). The number of ether oxygens (including phenoxy) is 1. The van der Waals surface area contributed by atoms with Gasteiger partial charge in [-0.1, -0.05) is 5.92 Å². The van der Waals surface area contributed by atoms with Gasteiger partial charge in [-0.25, -0.2) is 10.5 Å². The molecule has 0 fully saturated rings. The van der Waals surface area contributed by atoms with Gasteiger partial charge in [0, 0.05) is 0 Å². The molecule has 1 aromatic rings. The van der Waals surface area contributed by atoms with Crippen molar-refractivity contribution in [3.05, 3.63) is 18.3 Å². The quantitative estimate of drug-likeness (QED) is 0.425. The Morgan fingerprint density at radius 3 is 3.00 bits per heavy atom. The van der Waals surface area contributed by atoms with Crippen LogP contribution in [0.15, 0.2) is 18.3 Å². The lowest BCUT2D eigenvalue weighted by Gasteiger charge is -2.03. The number of pyridine rings is 1. The van der Waals surface area contributed by atoms with Gasteiger partial charge in [-0.15, -0.1) is 6.42 Å². The summed E-state index contributed by atoms with van der Waals surface area (Å²) >= 11 is 0. The number of methoxy groups -OCH3 is 1. The van der Waals surface area contributed by atoms with Crippen molar-refractivity contribution < 1.29 is 9.57 Å². The largest absolute Gasteiger partial charge is 0.495 e. The van der Waals surface area contributed by atoms with E-state index in [1.165, 1.54) is 0 Å². The highest BCUT2D eigenvalue weighted by Crippen LogP contribution is 2.10. The summed E-state index contributed by atoms with van der Waals surface area (Å²) in [7, 11) is 1.58. The van der Waals surface area contributed by atoms with Crippen molar-refractivity contribution in [2.24, 2.45) is 0 Å². The number of anilines is 1. The molecular weight excluding hydrogens is 168 g/mol. The Balaban J connectivity index is 2.45. The van der Waals surface area contributed by atoms with Crippen molar-refractivity contribution in [1.82, 2.24) is 4.98 Å². The maximum atomic E-state index is 4.98. The summed E-state index contributed by atoms with van der Waals surface area (Å²) in [5, 5.41) is 0. The molecule has 13 heavy (non-hydrogen) atoms. The maximum absolute atomic E-state index is 4.98. The molecule has 0 aromatic carbocycles. The number of hydrogen-bond donors (Lipinski definition) is 1. The van der Waals surface area contributed by atoms with E-state index in [1.54, 1.807) is 25.4 Å². The van der Waals surface area contributed by atoms with Gasteiger partial charge in [-0.3, -0.25) is 4.84 Å². The monoisotopic (exact) mass is 178 g/mol. The standard InChI is InChI=1S/C9H10N2O2/c1-3-6-13-11-9-5-4-8(12-2)7-10-9/h1,4-5,7H,6H2,2H3,(H,10,11). The van der Waals surface area contributed by atoms with E-state index in [4.69, 9.17) is 16.0 Å². The first-order valence-electron chi connectivity index (χ1n) is 3.68. The fraction of sp³-hybridized carbons (Fsp3) is 0.222. The van der Waals surface area contributed by atoms with Crippen molar-refractivity contribution in [1.29, 1.82) is 0 Å². The van der Waals surface area contributed by atoms with Crippen LogP contribution in [0.3, 0.4) is 0 Å². The highest BCUT2D eigenvalue weighted by molar-refractivity contribution is 5.35. The highest BCUT2D eigenvalue weighted by atomic mass is 16.6. The van der Waals surface area contributed by atoms with Crippen LogP contribution in [0.5, 0.6) is 5.75 Å². The Labute approximate surface area is 76.8 Å². The van der Waals surface area contributed by atoms with Crippen LogP contribution in [0, 0.1) is 12.3 Å². The van der Waals surface area contributed by atoms with Crippen LogP contribution < -0.4 is 10.2 Å². The van der Waals surface area contributed by atoms with Gasteiger partial charge in [-0.05, 0) is 12.1 Å². The molecule has 0 bridgehead atoms. The van der Waals surface area contributed by atoms with Crippen LogP contribution in [0.25, 0.3) is 0 Å². The van der Waals surface area contributed by atoms with E-state index >= 15 is 0 Å². The van der Waals surface area contributed by atoms with Crippen LogP contribution in [-0.4, -0.2) is 18.7 Å². The van der Waals surface area contributed by atoms with Crippen molar-refractivity contribution in [2.45, 2.75) is 0 Å². The first kappa shape index (κ1) is 9.36. The molecule has 0 saturated carbocycles. The van der Waals surface area contributed by atoms with Crippen LogP contribution in [0.4, 0.5) is 5.82 Å². The third-order valence-corrected chi connectivity index (χ3v) is 1.30. The zero-order chi connectivity index (χ0) is 9.52. The molecule has 4 heteroatoms. The first-order valence-corrected chi connectivity index (χ1v) is 3.68. The normalized spacial score (nSPS) is 8.92. The molecule has 0 aliphatic rings. The minimum atomic E-state index is 0.202. The second-order valence-corrected chi connectivity index (χ2v) is 2.18. The van der Waals surface area contributed by atoms with Gasteiger partial charge < -0.3 is 4.74 Å². The van der Waals surface area contributed by atoms with Crippen molar-refractivity contribution in [3.8, 4) is 18.1 Å². The second kappa shape index (κ2) is 5.01. The third kappa shape index (κ3) is 3.01. The Kier molecular flexibility index (Phi) is 3.61. The van der Waals surface area contributed by atoms with Gasteiger partial charge in [0.1, 0.15) is 18.2 Å². The minimum absolute atomic E-state index is 0.202. The SMILES string of the molecule is C#CCONc1ccc(OC)cn1. The molecule has 4 nitrogen and oxygen atoms in total. The molecule has 0 amide bonds. The minimum Gasteiger partial charge on any atom is -0.495 e. The van der Waals surface area contributed by atoms with E-state index in [1.807, 2.05) is 0 Å². The molecule has 68 valence electrons. The maximum Gasteiger partial charge on any atom is 0.149 e. The molecule has 0 unspecified atom stereocenters. The number of hydrogen-bond acceptors (Lipinski definition) is 4. The van der Waals surface area contributed by atoms with E-state index in [2.05, 4.69) is 16.4 Å². The van der Waals surface area contributed by atoms with Crippen molar-refractivity contribution in [3.63, 3.8) is 0 Å². The van der Waals surface area contributed by atoms with Crippen molar-refractivity contribution in [2.75, 3.05) is 19.2 Å². The summed E-state index contributed by atoms with van der Waals surface area (Å²) in [6.45, 7) is 0.202. The smallest absolute Gasteiger partial charge is 0.149 e. The Morgan fingerprint density at radius 2 is 2.46 bits per heavy atom. The Hall–Kier alpha value is -1.73. The van der Waals surface area contributed by atoms with E-state index in [0.29, 0.717) is 11.6 Å². The van der Waals surface area contributed by atoms with Gasteiger partial charge in [0.2, 0.25) is 0 Å². The highest BCUT2D eigenvalue weighted by Gasteiger charge is 1.93. The topological polar surface area (TPSA) is 43.4 Å². The predicted octanol–water partition coefficient (Wildman–Crippen LogP) is 1.07. The number of terminal acetylenes is 1. The molecule has 0 aliphatic carbocycles. The van der Waals surface area contributed by atoms with Gasteiger partial charge in [0.15, 0.2) is 0 Å². The Bertz CT molecular complexity index is 289. The molecule has 0 radical (unpaired) electrons. The van der Waals surface area contributed by atoms with Crippen LogP contribution in [0.2, 0.25) is 0 Å². The van der Waals surface area contributed by atoms with E-state index in [9.17, 15) is 0 Å². The fourth-order valence-electron chi connectivity index (χ4n) is 0.713. The number of nitrogens with zero attached hydrogens (tertiary/aromatic N) is 1. The average Bonchev–Trinajstić information content (AvgIpc) is 2.19. The molecule has 0 aliphatic heterocycles. The third-order valence-electron chi connectivity index (χ3n) is 1.30. The Morgan fingerprint density at radius 1 is 1.62 bits per heavy atom. The molecule has 0 saturated heterocycles. The van der Waals surface area contributed by atoms with E-state index in [0.717, 1.165) is 0 Å². The zero-order valence-electron chi connectivity index (χ0n) is 7.28. The molecular formula is C9H10N2O2. The molecule has 1 N–H and O–H groups in total. The molecule has 1 heterocycles. The summed E-state index contributed by atoms with van der Waals surface area (Å²) in [4.78, 5) is 8.84. The second-order valence-electron chi connectivity index (χ2n) is 2.18. The van der Waals surface area contributed by atoms with Crippen molar-refractivity contribution >= 4 is 5.82 Å². The molecule has 0 spiro atoms. The summed E-state index contributed by atoms with van der Waals surface area (Å²) in [6.07, 6.45) is 6.57. The first-order chi connectivity index (χ1) is 6.36. The molecule has 0 atom stereocenters. The molecule has 1 aromatic heterocycles. The predicted molar refractivity (Wildman–Crippen MR) is 49.2 cm³/mol. The van der Waals surface area contributed by atoms with Gasteiger partial charge in [0.05, 0.1) is 13.3 Å². The number of nitrogens with one attached hydrogen (secondary N) is 1. The summed E-state index contributed by atoms with van der Waals surface area (Å²) in [5.41, 5.74) is 2.59. The zero-order valence-corrected chi connectivity index (χ0v) is 7.28. The van der Waals surface area contributed by atoms with Crippen LogP contribution in [0.1, 0.15) is 0 Å². The van der Waals surface area contributed by atoms with Gasteiger partial charge in [-0.2, -0.15) is 0 Å². The van der Waals surface area contributed by atoms with E-state index < -0.39 is 0 Å². The van der Waals surface area contributed by atoms with Gasteiger partial charge in [0.25, 0.3) is 0 Å². The van der Waals surface area contributed by atoms with Crippen LogP contribution >= 0.6 is 0 Å². The lowest BCUT2D eigenvalue weighted by Crippen LogP contribution is -2.02. The lowest BCUT2D eigenvalue weighted by molar-refractivity contribution is 0.232. The van der Waals surface area contributed by atoms with E-state index in [-0.39, 0.29) is 6.61 Å². The number of rotatable bonds is 4. The summed E-state index contributed by atoms with van der Waals surface area (Å²) in [6, 6.07) is 3.50. The summed E-state index contributed by atoms with van der Waals surface area (Å²) in [5.74, 6) is 3.61. The van der Waals surface area contributed by atoms with Crippen LogP contribution in [-0.2, 0) is 4.84 Å². The average molecular weight is 178 g/mol. The summed E-state index contributed by atoms with van der Waals surface area (Å²) < 4.78 is 4.93. The fourth-order valence-corrected chi connectivity index (χ4v) is 0.713.